The molecule has 0 aliphatic carbocycles. The van der Waals surface area contributed by atoms with Gasteiger partial charge in [-0.25, -0.2) is 4.79 Å². The molecule has 136 valence electrons. The van der Waals surface area contributed by atoms with Crippen LogP contribution in [0.3, 0.4) is 0 Å². The van der Waals surface area contributed by atoms with Gasteiger partial charge in [-0.05, 0) is 36.8 Å². The van der Waals surface area contributed by atoms with E-state index in [2.05, 4.69) is 45.7 Å². The number of ether oxygens (including phenoxy) is 1. The fourth-order valence-corrected chi connectivity index (χ4v) is 3.20. The Morgan fingerprint density at radius 1 is 1.04 bits per heavy atom. The van der Waals surface area contributed by atoms with Gasteiger partial charge in [-0.3, -0.25) is 10.1 Å². The van der Waals surface area contributed by atoms with Crippen molar-refractivity contribution >= 4 is 23.0 Å². The molecule has 1 aliphatic heterocycles. The van der Waals surface area contributed by atoms with Crippen LogP contribution in [-0.4, -0.2) is 44.2 Å². The molecule has 3 rings (SSSR count). The molecule has 0 amide bonds. The quantitative estimate of drug-likeness (QED) is 0.477. The number of nitrogens with zero attached hydrogens (tertiary/aromatic N) is 3. The highest BCUT2D eigenvalue weighted by atomic mass is 16.6. The summed E-state index contributed by atoms with van der Waals surface area (Å²) in [5, 5.41) is 11.1. The molecule has 0 unspecified atom stereocenters. The van der Waals surface area contributed by atoms with Crippen LogP contribution in [0.2, 0.25) is 0 Å². The molecule has 1 heterocycles. The first-order valence-corrected chi connectivity index (χ1v) is 8.43. The summed E-state index contributed by atoms with van der Waals surface area (Å²) >= 11 is 0. The van der Waals surface area contributed by atoms with Gasteiger partial charge in [-0.1, -0.05) is 12.1 Å². The van der Waals surface area contributed by atoms with Crippen LogP contribution in [0.4, 0.5) is 17.1 Å². The highest BCUT2D eigenvalue weighted by Gasteiger charge is 2.24. The summed E-state index contributed by atoms with van der Waals surface area (Å²) in [6.07, 6.45) is 0. The average molecular weight is 355 g/mol. The molecule has 0 radical (unpaired) electrons. The van der Waals surface area contributed by atoms with Gasteiger partial charge in [-0.15, -0.1) is 0 Å². The van der Waals surface area contributed by atoms with Crippen LogP contribution < -0.4 is 9.80 Å². The molecular weight excluding hydrogens is 334 g/mol. The summed E-state index contributed by atoms with van der Waals surface area (Å²) in [5.41, 5.74) is 2.96. The van der Waals surface area contributed by atoms with Crippen molar-refractivity contribution in [1.82, 2.24) is 0 Å². The molecule has 0 saturated carbocycles. The van der Waals surface area contributed by atoms with Gasteiger partial charge in [0.05, 0.1) is 12.0 Å². The molecule has 1 saturated heterocycles. The topological polar surface area (TPSA) is 75.9 Å². The van der Waals surface area contributed by atoms with E-state index in [9.17, 15) is 14.9 Å². The summed E-state index contributed by atoms with van der Waals surface area (Å²) in [6.45, 7) is 5.30. The zero-order valence-electron chi connectivity index (χ0n) is 14.8. The van der Waals surface area contributed by atoms with Gasteiger partial charge < -0.3 is 14.5 Å². The number of piperazine rings is 1. The van der Waals surface area contributed by atoms with E-state index in [4.69, 9.17) is 0 Å². The maximum absolute atomic E-state index is 11.9. The van der Waals surface area contributed by atoms with Crippen molar-refractivity contribution in [3.8, 4) is 0 Å². The van der Waals surface area contributed by atoms with Crippen molar-refractivity contribution < 1.29 is 14.5 Å². The minimum atomic E-state index is -0.697. The van der Waals surface area contributed by atoms with E-state index in [1.165, 1.54) is 24.4 Å². The zero-order chi connectivity index (χ0) is 18.7. The lowest BCUT2D eigenvalue weighted by Crippen LogP contribution is -2.46. The molecule has 2 aromatic carbocycles. The van der Waals surface area contributed by atoms with Crippen LogP contribution in [0.25, 0.3) is 0 Å². The highest BCUT2D eigenvalue weighted by Crippen LogP contribution is 2.27. The Kier molecular flexibility index (Phi) is 5.06. The largest absolute Gasteiger partial charge is 0.465 e. The standard InChI is InChI=1S/C19H21N3O4/c1-14-4-3-5-15(12-14)20-8-10-21(11-9-20)16-6-7-18(22(24)25)17(13-16)19(23)26-2/h3-7,12-13H,8-11H2,1-2H3. The lowest BCUT2D eigenvalue weighted by Gasteiger charge is -2.37. The molecule has 0 spiro atoms. The Balaban J connectivity index is 1.77. The third kappa shape index (κ3) is 3.61. The Morgan fingerprint density at radius 3 is 2.19 bits per heavy atom. The van der Waals surface area contributed by atoms with Crippen LogP contribution in [-0.2, 0) is 4.74 Å². The van der Waals surface area contributed by atoms with E-state index in [0.717, 1.165) is 31.9 Å². The van der Waals surface area contributed by atoms with E-state index in [1.807, 2.05) is 0 Å². The summed E-state index contributed by atoms with van der Waals surface area (Å²) in [5.74, 6) is -0.697. The Bertz CT molecular complexity index is 829. The minimum absolute atomic E-state index is 0.0175. The van der Waals surface area contributed by atoms with Crippen molar-refractivity contribution in [2.75, 3.05) is 43.1 Å². The predicted octanol–water partition coefficient (Wildman–Crippen LogP) is 3.02. The monoisotopic (exact) mass is 355 g/mol. The number of nitro benzene ring substituents is 1. The molecule has 0 bridgehead atoms. The molecule has 1 aliphatic rings. The second-order valence-electron chi connectivity index (χ2n) is 6.26. The third-order valence-electron chi connectivity index (χ3n) is 4.59. The van der Waals surface area contributed by atoms with Crippen molar-refractivity contribution in [1.29, 1.82) is 0 Å². The van der Waals surface area contributed by atoms with Crippen LogP contribution in [0, 0.1) is 17.0 Å². The van der Waals surface area contributed by atoms with Gasteiger partial charge in [-0.2, -0.15) is 0 Å². The maximum atomic E-state index is 11.9. The van der Waals surface area contributed by atoms with E-state index < -0.39 is 10.9 Å². The number of nitro groups is 1. The first kappa shape index (κ1) is 17.7. The van der Waals surface area contributed by atoms with Crippen molar-refractivity contribution in [3.63, 3.8) is 0 Å². The number of esters is 1. The summed E-state index contributed by atoms with van der Waals surface area (Å²) < 4.78 is 4.69. The third-order valence-corrected chi connectivity index (χ3v) is 4.59. The molecule has 7 heteroatoms. The summed E-state index contributed by atoms with van der Waals surface area (Å²) in [4.78, 5) is 26.9. The van der Waals surface area contributed by atoms with Crippen LogP contribution in [0.5, 0.6) is 0 Å². The van der Waals surface area contributed by atoms with Gasteiger partial charge in [0.2, 0.25) is 0 Å². The van der Waals surface area contributed by atoms with E-state index in [0.29, 0.717) is 0 Å². The molecule has 0 aromatic heterocycles. The first-order valence-electron chi connectivity index (χ1n) is 8.43. The van der Waals surface area contributed by atoms with Gasteiger partial charge >= 0.3 is 5.97 Å². The van der Waals surface area contributed by atoms with Crippen molar-refractivity contribution in [3.05, 3.63) is 63.7 Å². The molecule has 0 atom stereocenters. The van der Waals surface area contributed by atoms with Gasteiger partial charge in [0.25, 0.3) is 5.69 Å². The number of benzene rings is 2. The smallest absolute Gasteiger partial charge is 0.344 e. The number of rotatable bonds is 4. The normalized spacial score (nSPS) is 14.2. The minimum Gasteiger partial charge on any atom is -0.465 e. The maximum Gasteiger partial charge on any atom is 0.344 e. The van der Waals surface area contributed by atoms with Gasteiger partial charge in [0, 0.05) is 43.6 Å². The lowest BCUT2D eigenvalue weighted by molar-refractivity contribution is -0.385. The number of anilines is 2. The Hall–Kier alpha value is -3.09. The SMILES string of the molecule is COC(=O)c1cc(N2CCN(c3cccc(C)c3)CC2)ccc1[N+](=O)[O-]. The highest BCUT2D eigenvalue weighted by molar-refractivity contribution is 5.95. The van der Waals surface area contributed by atoms with Gasteiger partial charge in [0.15, 0.2) is 0 Å². The Labute approximate surface area is 151 Å². The lowest BCUT2D eigenvalue weighted by atomic mass is 10.1. The van der Waals surface area contributed by atoms with Crippen molar-refractivity contribution in [2.24, 2.45) is 0 Å². The first-order chi connectivity index (χ1) is 12.5. The Morgan fingerprint density at radius 2 is 1.65 bits per heavy atom. The van der Waals surface area contributed by atoms with Gasteiger partial charge in [0.1, 0.15) is 5.56 Å². The van der Waals surface area contributed by atoms with E-state index in [-0.39, 0.29) is 11.3 Å². The van der Waals surface area contributed by atoms with Crippen LogP contribution in [0.15, 0.2) is 42.5 Å². The number of carbonyl (C=O) groups is 1. The molecule has 0 N–H and O–H groups in total. The molecule has 7 nitrogen and oxygen atoms in total. The second kappa shape index (κ2) is 7.43. The number of carbonyl (C=O) groups excluding carboxylic acids is 1. The average Bonchev–Trinajstić information content (AvgIpc) is 2.67. The molecular formula is C19H21N3O4. The summed E-state index contributed by atoms with van der Waals surface area (Å²) in [6, 6.07) is 13.0. The number of hydrogen-bond donors (Lipinski definition) is 0. The number of methoxy groups -OCH3 is 1. The van der Waals surface area contributed by atoms with Crippen molar-refractivity contribution in [2.45, 2.75) is 6.92 Å². The second-order valence-corrected chi connectivity index (χ2v) is 6.26. The van der Waals surface area contributed by atoms with Crippen LogP contribution in [0.1, 0.15) is 15.9 Å². The zero-order valence-corrected chi connectivity index (χ0v) is 14.8. The van der Waals surface area contributed by atoms with E-state index >= 15 is 0 Å². The molecule has 2 aromatic rings. The fourth-order valence-electron chi connectivity index (χ4n) is 3.20. The molecule has 1 fully saturated rings. The molecule has 26 heavy (non-hydrogen) atoms. The number of hydrogen-bond acceptors (Lipinski definition) is 6. The predicted molar refractivity (Wildman–Crippen MR) is 100 cm³/mol. The fraction of sp³-hybridized carbons (Fsp3) is 0.316. The summed E-state index contributed by atoms with van der Waals surface area (Å²) in [7, 11) is 1.22. The van der Waals surface area contributed by atoms with Crippen LogP contribution >= 0.6 is 0 Å². The number of aryl methyl sites for hydroxylation is 1. The van der Waals surface area contributed by atoms with E-state index in [1.54, 1.807) is 12.1 Å².